The predicted molar refractivity (Wildman–Crippen MR) is 135 cm³/mol. The van der Waals surface area contributed by atoms with Gasteiger partial charge in [0.2, 0.25) is 11.8 Å². The lowest BCUT2D eigenvalue weighted by Crippen LogP contribution is -2.68. The number of fused-ring (bicyclic) bond motifs is 1. The van der Waals surface area contributed by atoms with Crippen LogP contribution in [-0.4, -0.2) is 111 Å². The van der Waals surface area contributed by atoms with E-state index in [9.17, 15) is 37.5 Å². The number of hydrogen-bond acceptors (Lipinski definition) is 8. The Morgan fingerprint density at radius 2 is 1.77 bits per heavy atom. The van der Waals surface area contributed by atoms with E-state index in [0.717, 1.165) is 12.8 Å². The van der Waals surface area contributed by atoms with Gasteiger partial charge in [0.1, 0.15) is 23.7 Å². The molecule has 220 valence electrons. The molecule has 0 aromatic heterocycles. The molecule has 4 aliphatic rings. The summed E-state index contributed by atoms with van der Waals surface area (Å²) in [5, 5.41) is 16.4. The number of nitrogens with zero attached hydrogens (tertiary/aromatic N) is 3. The van der Waals surface area contributed by atoms with E-state index in [1.54, 1.807) is 15.9 Å². The lowest BCUT2D eigenvalue weighted by Gasteiger charge is -2.47. The third-order valence-electron chi connectivity index (χ3n) is 6.72. The van der Waals surface area contributed by atoms with Crippen molar-refractivity contribution in [1.29, 1.82) is 0 Å². The average molecular weight is 591 g/mol. The van der Waals surface area contributed by atoms with Gasteiger partial charge < -0.3 is 30.5 Å². The first-order chi connectivity index (χ1) is 18.8. The topological polar surface area (TPSA) is 171 Å². The Kier molecular flexibility index (Phi) is 9.89. The van der Waals surface area contributed by atoms with Gasteiger partial charge in [0.25, 0.3) is 0 Å². The number of alkyl halides is 3. The molecule has 4 heterocycles. The number of aliphatic carboxylic acids is 2. The largest absolute Gasteiger partial charge is 0.490 e. The number of ether oxygens (including phenoxy) is 1. The van der Waals surface area contributed by atoms with Crippen molar-refractivity contribution >= 4 is 41.6 Å². The van der Waals surface area contributed by atoms with Crippen LogP contribution >= 0.6 is 11.8 Å². The van der Waals surface area contributed by atoms with Crippen LogP contribution in [0.3, 0.4) is 0 Å². The molecule has 3 saturated heterocycles. The first-order valence-corrected chi connectivity index (χ1v) is 13.3. The summed E-state index contributed by atoms with van der Waals surface area (Å²) in [6.07, 6.45) is -0.142. The summed E-state index contributed by atoms with van der Waals surface area (Å²) >= 11 is 1.42. The van der Waals surface area contributed by atoms with Crippen molar-refractivity contribution in [3.63, 3.8) is 0 Å². The number of carboxylic acid groups (broad SMARTS) is 2. The van der Waals surface area contributed by atoms with E-state index in [2.05, 4.69) is 6.58 Å². The van der Waals surface area contributed by atoms with Gasteiger partial charge in [0, 0.05) is 37.5 Å². The Balaban J connectivity index is 0.000000559. The first kappa shape index (κ1) is 31.0. The van der Waals surface area contributed by atoms with E-state index in [1.165, 1.54) is 22.7 Å². The molecular weight excluding hydrogens is 561 g/mol. The van der Waals surface area contributed by atoms with E-state index >= 15 is 0 Å². The zero-order valence-corrected chi connectivity index (χ0v) is 22.1. The number of carboxylic acids is 2. The van der Waals surface area contributed by atoms with Gasteiger partial charge in [-0.25, -0.2) is 14.4 Å². The number of halogens is 3. The first-order valence-electron chi connectivity index (χ1n) is 12.3. The number of rotatable bonds is 6. The molecule has 0 bridgehead atoms. The number of allylic oxidation sites excluding steroid dienone is 1. The third kappa shape index (κ3) is 6.96. The summed E-state index contributed by atoms with van der Waals surface area (Å²) in [4.78, 5) is 62.5. The molecule has 0 spiro atoms. The zero-order chi connectivity index (χ0) is 29.8. The molecule has 12 nitrogen and oxygen atoms in total. The maximum absolute atomic E-state index is 13.0. The molecule has 16 heteroatoms. The van der Waals surface area contributed by atoms with Gasteiger partial charge in [-0.15, -0.1) is 11.8 Å². The molecule has 4 rings (SSSR count). The molecule has 0 aliphatic carbocycles. The second-order valence-corrected chi connectivity index (χ2v) is 10.5. The van der Waals surface area contributed by atoms with Gasteiger partial charge >= 0.3 is 24.2 Å². The molecule has 0 saturated carbocycles. The van der Waals surface area contributed by atoms with Gasteiger partial charge in [0.05, 0.1) is 0 Å². The highest BCUT2D eigenvalue weighted by Crippen LogP contribution is 2.40. The molecule has 0 radical (unpaired) electrons. The molecule has 3 fully saturated rings. The highest BCUT2D eigenvalue weighted by atomic mass is 32.2. The quantitative estimate of drug-likeness (QED) is 0.233. The summed E-state index contributed by atoms with van der Waals surface area (Å²) in [5.41, 5.74) is 6.75. The molecule has 4 aliphatic heterocycles. The fourth-order valence-corrected chi connectivity index (χ4v) is 5.92. The van der Waals surface area contributed by atoms with Crippen molar-refractivity contribution < 1.29 is 52.1 Å². The highest BCUT2D eigenvalue weighted by Gasteiger charge is 2.51. The SMILES string of the molecule is C=CCOC(=O)N1CCC(CN2CCC(=CC3=C(C(=O)O)N4C(=O)[C@@H](N)[C@H]4SC3)C2=O)CC1.O=C(O)C(F)(F)F. The van der Waals surface area contributed by atoms with Crippen molar-refractivity contribution in [1.82, 2.24) is 14.7 Å². The summed E-state index contributed by atoms with van der Waals surface area (Å²) in [5.74, 6) is -3.77. The van der Waals surface area contributed by atoms with Crippen molar-refractivity contribution in [2.45, 2.75) is 36.9 Å². The molecule has 40 heavy (non-hydrogen) atoms. The van der Waals surface area contributed by atoms with Crippen molar-refractivity contribution in [2.75, 3.05) is 38.5 Å². The second kappa shape index (κ2) is 12.8. The van der Waals surface area contributed by atoms with Gasteiger partial charge in [-0.3, -0.25) is 14.5 Å². The number of nitrogens with two attached hydrogens (primary N) is 1. The summed E-state index contributed by atoms with van der Waals surface area (Å²) < 4.78 is 36.8. The summed E-state index contributed by atoms with van der Waals surface area (Å²) in [6, 6.07) is -0.683. The van der Waals surface area contributed by atoms with E-state index in [1.807, 2.05) is 0 Å². The fraction of sp³-hybridized carbons (Fsp3) is 0.542. The average Bonchev–Trinajstić information content (AvgIpc) is 3.24. The Morgan fingerprint density at radius 1 is 1.15 bits per heavy atom. The molecule has 0 aromatic carbocycles. The number of likely N-dealkylation sites (tertiary alicyclic amines) is 2. The number of carbonyl (C=O) groups is 5. The zero-order valence-electron chi connectivity index (χ0n) is 21.3. The number of thioether (sulfide) groups is 1. The molecule has 0 unspecified atom stereocenters. The smallest absolute Gasteiger partial charge is 0.477 e. The lowest BCUT2D eigenvalue weighted by molar-refractivity contribution is -0.192. The Hall–Kier alpha value is -3.53. The second-order valence-electron chi connectivity index (χ2n) is 9.38. The minimum atomic E-state index is -5.08. The fourth-order valence-electron chi connectivity index (χ4n) is 4.67. The van der Waals surface area contributed by atoms with Crippen molar-refractivity contribution in [3.8, 4) is 0 Å². The lowest BCUT2D eigenvalue weighted by atomic mass is 9.96. The summed E-state index contributed by atoms with van der Waals surface area (Å²) in [6.45, 7) is 6.08. The van der Waals surface area contributed by atoms with Gasteiger partial charge in [-0.1, -0.05) is 12.7 Å². The van der Waals surface area contributed by atoms with E-state index in [0.29, 0.717) is 49.5 Å². The molecule has 3 amide bonds. The minimum Gasteiger partial charge on any atom is -0.477 e. The van der Waals surface area contributed by atoms with Crippen molar-refractivity contribution in [2.24, 2.45) is 11.7 Å². The van der Waals surface area contributed by atoms with Crippen LogP contribution in [0.15, 0.2) is 35.6 Å². The van der Waals surface area contributed by atoms with Crippen LogP contribution in [0.2, 0.25) is 0 Å². The summed E-state index contributed by atoms with van der Waals surface area (Å²) in [7, 11) is 0. The third-order valence-corrected chi connectivity index (χ3v) is 8.04. The number of piperidine rings is 1. The molecule has 2 atom stereocenters. The standard InChI is InChI=1S/C22H28N4O6S.C2HF3O2/c1-2-9-32-22(31)24-6-3-13(4-7-24)11-25-8-5-14(18(25)27)10-15-12-33-20-16(23)19(28)26(20)17(15)21(29)30;3-2(4,5)1(6)7/h2,10,13,16,20H,1,3-9,11-12,23H2,(H,29,30);(H,6,7)/t16-,20-;/m1./s1. The normalized spacial score (nSPS) is 24.3. The van der Waals surface area contributed by atoms with Gasteiger partial charge in [-0.05, 0) is 36.8 Å². The maximum atomic E-state index is 13.0. The van der Waals surface area contributed by atoms with Gasteiger partial charge in [-0.2, -0.15) is 13.2 Å². The monoisotopic (exact) mass is 590 g/mol. The number of amides is 3. The molecular formula is C24H29F3N4O8S. The van der Waals surface area contributed by atoms with Crippen LogP contribution in [-0.2, 0) is 23.9 Å². The number of carbonyl (C=O) groups excluding carboxylic acids is 3. The van der Waals surface area contributed by atoms with E-state index < -0.39 is 30.1 Å². The predicted octanol–water partition coefficient (Wildman–Crippen LogP) is 1.39. The maximum Gasteiger partial charge on any atom is 0.490 e. The number of β-lactam (4-membered cyclic amide) rings is 1. The molecule has 0 aromatic rings. The van der Waals surface area contributed by atoms with Crippen LogP contribution in [0.4, 0.5) is 18.0 Å². The van der Waals surface area contributed by atoms with Crippen LogP contribution in [0.1, 0.15) is 19.3 Å². The van der Waals surface area contributed by atoms with E-state index in [4.69, 9.17) is 20.4 Å². The van der Waals surface area contributed by atoms with Crippen molar-refractivity contribution in [3.05, 3.63) is 35.6 Å². The van der Waals surface area contributed by atoms with Gasteiger partial charge in [0.15, 0.2) is 0 Å². The van der Waals surface area contributed by atoms with Crippen LogP contribution in [0, 0.1) is 5.92 Å². The Bertz CT molecular complexity index is 1130. The van der Waals surface area contributed by atoms with Crippen LogP contribution < -0.4 is 5.73 Å². The Labute approximate surface area is 231 Å². The van der Waals surface area contributed by atoms with Crippen LogP contribution in [0.25, 0.3) is 0 Å². The Morgan fingerprint density at radius 3 is 2.33 bits per heavy atom. The number of hydrogen-bond donors (Lipinski definition) is 3. The van der Waals surface area contributed by atoms with Crippen LogP contribution in [0.5, 0.6) is 0 Å². The minimum absolute atomic E-state index is 0.0695. The highest BCUT2D eigenvalue weighted by molar-refractivity contribution is 8.00. The molecule has 4 N–H and O–H groups in total. The van der Waals surface area contributed by atoms with E-state index in [-0.39, 0.29) is 35.6 Å².